The van der Waals surface area contributed by atoms with Crippen LogP contribution >= 0.6 is 11.1 Å². The second-order valence-electron chi connectivity index (χ2n) is 3.25. The molecule has 0 fully saturated rings. The standard InChI is InChI=1S/C8H23ClN2Si2/c1-5-10(6-2)13(9,12)11(7-3)8-4/h5-8H2,1-4,12H3. The van der Waals surface area contributed by atoms with Crippen molar-refractivity contribution in [2.75, 3.05) is 26.2 Å². The molecule has 0 saturated heterocycles. The number of nitrogens with zero attached hydrogens (tertiary/aromatic N) is 2. The first-order valence-electron chi connectivity index (χ1n) is 5.23. The number of hydrogen-bond acceptors (Lipinski definition) is 2. The Kier molecular flexibility index (Phi) is 6.49. The highest BCUT2D eigenvalue weighted by atomic mass is 35.6. The average Bonchev–Trinajstić information content (AvgIpc) is 2.07. The summed E-state index contributed by atoms with van der Waals surface area (Å²) in [6.07, 6.45) is 0. The molecule has 80 valence electrons. The van der Waals surface area contributed by atoms with Gasteiger partial charge < -0.3 is 9.13 Å². The molecule has 0 aromatic heterocycles. The lowest BCUT2D eigenvalue weighted by atomic mass is 10.7. The number of rotatable bonds is 6. The maximum Gasteiger partial charge on any atom is 0.277 e. The first-order valence-corrected chi connectivity index (χ1v) is 11.6. The Hall–Kier alpha value is 0.644. The van der Waals surface area contributed by atoms with Crippen molar-refractivity contribution in [2.24, 2.45) is 0 Å². The summed E-state index contributed by atoms with van der Waals surface area (Å²) in [5.41, 5.74) is 0. The molecule has 2 nitrogen and oxygen atoms in total. The average molecular weight is 239 g/mol. The summed E-state index contributed by atoms with van der Waals surface area (Å²) in [4.78, 5) is 0. The first kappa shape index (κ1) is 13.6. The van der Waals surface area contributed by atoms with Gasteiger partial charge >= 0.3 is 0 Å². The lowest BCUT2D eigenvalue weighted by Gasteiger charge is -2.40. The van der Waals surface area contributed by atoms with E-state index in [9.17, 15) is 0 Å². The monoisotopic (exact) mass is 238 g/mol. The molecule has 5 heteroatoms. The summed E-state index contributed by atoms with van der Waals surface area (Å²) >= 11 is 6.72. The molecule has 0 saturated carbocycles. The van der Waals surface area contributed by atoms with Gasteiger partial charge in [0, 0.05) is 0 Å². The third kappa shape index (κ3) is 3.36. The summed E-state index contributed by atoms with van der Waals surface area (Å²) in [5, 5.41) is 0. The third-order valence-corrected chi connectivity index (χ3v) is 11.5. The fourth-order valence-corrected chi connectivity index (χ4v) is 9.74. The van der Waals surface area contributed by atoms with Crippen LogP contribution in [0.15, 0.2) is 0 Å². The molecule has 0 aliphatic heterocycles. The van der Waals surface area contributed by atoms with Crippen LogP contribution in [0.5, 0.6) is 0 Å². The summed E-state index contributed by atoms with van der Waals surface area (Å²) < 4.78 is 4.93. The van der Waals surface area contributed by atoms with Crippen LogP contribution in [0.1, 0.15) is 27.7 Å². The lowest BCUT2D eigenvalue weighted by Crippen LogP contribution is -2.62. The molecule has 0 aliphatic rings. The highest BCUT2D eigenvalue weighted by Gasteiger charge is 2.35. The molecule has 0 atom stereocenters. The molecule has 0 bridgehead atoms. The Balaban J connectivity index is 4.48. The smallest absolute Gasteiger partial charge is 0.277 e. The third-order valence-electron chi connectivity index (χ3n) is 2.68. The molecular formula is C8H23ClN2Si2. The van der Waals surface area contributed by atoms with E-state index >= 15 is 0 Å². The van der Waals surface area contributed by atoms with E-state index in [1.165, 1.54) is 0 Å². The van der Waals surface area contributed by atoms with Gasteiger partial charge in [0.15, 0.2) is 0 Å². The molecule has 0 rings (SSSR count). The molecule has 0 N–H and O–H groups in total. The Labute approximate surface area is 91.3 Å². The minimum atomic E-state index is -1.68. The topological polar surface area (TPSA) is 6.48 Å². The van der Waals surface area contributed by atoms with Crippen LogP contribution in [0.3, 0.4) is 0 Å². The van der Waals surface area contributed by atoms with Crippen LogP contribution in [0.2, 0.25) is 0 Å². The van der Waals surface area contributed by atoms with Crippen molar-refractivity contribution < 1.29 is 0 Å². The van der Waals surface area contributed by atoms with Gasteiger partial charge in [0.25, 0.3) is 7.22 Å². The van der Waals surface area contributed by atoms with E-state index in [-0.39, 0.29) is 0 Å². The molecule has 0 amide bonds. The number of hydrogen-bond donors (Lipinski definition) is 0. The van der Waals surface area contributed by atoms with Crippen molar-refractivity contribution in [3.8, 4) is 0 Å². The van der Waals surface area contributed by atoms with Crippen molar-refractivity contribution in [1.29, 1.82) is 0 Å². The van der Waals surface area contributed by atoms with Crippen molar-refractivity contribution in [2.45, 2.75) is 27.7 Å². The van der Waals surface area contributed by atoms with Gasteiger partial charge in [-0.1, -0.05) is 27.7 Å². The largest absolute Gasteiger partial charge is 0.303 e. The van der Waals surface area contributed by atoms with E-state index in [0.717, 1.165) is 35.9 Å². The molecule has 0 aliphatic carbocycles. The highest BCUT2D eigenvalue weighted by molar-refractivity contribution is 7.40. The van der Waals surface area contributed by atoms with Crippen molar-refractivity contribution in [3.05, 3.63) is 0 Å². The maximum absolute atomic E-state index is 6.72. The maximum atomic E-state index is 6.72. The second kappa shape index (κ2) is 6.19. The van der Waals surface area contributed by atoms with Crippen LogP contribution in [0.4, 0.5) is 0 Å². The molecule has 0 aromatic rings. The summed E-state index contributed by atoms with van der Waals surface area (Å²) in [5.74, 6) is 0. The predicted octanol–water partition coefficient (Wildman–Crippen LogP) is 0.710. The van der Waals surface area contributed by atoms with E-state index in [0.29, 0.717) is 0 Å². The van der Waals surface area contributed by atoms with E-state index in [4.69, 9.17) is 11.1 Å². The zero-order valence-corrected chi connectivity index (χ0v) is 13.4. The molecule has 13 heavy (non-hydrogen) atoms. The Morgan fingerprint density at radius 1 is 0.923 bits per heavy atom. The fourth-order valence-electron chi connectivity index (χ4n) is 1.80. The quantitative estimate of drug-likeness (QED) is 0.497. The molecule has 0 unspecified atom stereocenters. The van der Waals surface area contributed by atoms with Crippen molar-refractivity contribution in [1.82, 2.24) is 9.13 Å². The van der Waals surface area contributed by atoms with Crippen LogP contribution in [-0.2, 0) is 0 Å². The van der Waals surface area contributed by atoms with Gasteiger partial charge in [-0.15, -0.1) is 11.1 Å². The highest BCUT2D eigenvalue weighted by Crippen LogP contribution is 2.15. The predicted molar refractivity (Wildman–Crippen MR) is 67.4 cm³/mol. The van der Waals surface area contributed by atoms with Crippen LogP contribution in [0, 0.1) is 0 Å². The fraction of sp³-hybridized carbons (Fsp3) is 1.00. The van der Waals surface area contributed by atoms with Crippen LogP contribution in [-0.4, -0.2) is 52.3 Å². The van der Waals surface area contributed by atoms with Crippen molar-refractivity contribution in [3.63, 3.8) is 0 Å². The summed E-state index contributed by atoms with van der Waals surface area (Å²) in [6.45, 7) is 13.2. The van der Waals surface area contributed by atoms with E-state index in [2.05, 4.69) is 36.8 Å². The molecule has 0 spiro atoms. The van der Waals surface area contributed by atoms with Gasteiger partial charge in [0.1, 0.15) is 0 Å². The molecule has 0 heterocycles. The Bertz CT molecular complexity index is 122. The minimum Gasteiger partial charge on any atom is -0.303 e. The lowest BCUT2D eigenvalue weighted by molar-refractivity contribution is 0.386. The Morgan fingerprint density at radius 2 is 1.15 bits per heavy atom. The molecule has 0 aromatic carbocycles. The van der Waals surface area contributed by atoms with Gasteiger partial charge in [-0.25, -0.2) is 0 Å². The van der Waals surface area contributed by atoms with E-state index in [1.807, 2.05) is 0 Å². The minimum absolute atomic E-state index is 1.09. The Morgan fingerprint density at radius 3 is 1.31 bits per heavy atom. The van der Waals surface area contributed by atoms with E-state index in [1.54, 1.807) is 0 Å². The van der Waals surface area contributed by atoms with Gasteiger partial charge in [-0.05, 0) is 26.2 Å². The van der Waals surface area contributed by atoms with Gasteiger partial charge in [0.05, 0.1) is 9.76 Å². The second-order valence-corrected chi connectivity index (χ2v) is 14.6. The SMILES string of the molecule is CCN(CC)[Si]([SiH3])(Cl)N(CC)CC. The van der Waals surface area contributed by atoms with Crippen LogP contribution in [0.25, 0.3) is 0 Å². The van der Waals surface area contributed by atoms with Gasteiger partial charge in [0.2, 0.25) is 0 Å². The zero-order chi connectivity index (χ0) is 10.5. The number of halogens is 1. The molecule has 0 radical (unpaired) electrons. The summed E-state index contributed by atoms with van der Waals surface area (Å²) in [6, 6.07) is 0. The summed E-state index contributed by atoms with van der Waals surface area (Å²) in [7, 11) is -0.575. The van der Waals surface area contributed by atoms with E-state index < -0.39 is 7.22 Å². The normalized spacial score (nSPS) is 13.2. The molecular weight excluding hydrogens is 216 g/mol. The first-order chi connectivity index (χ1) is 6.04. The zero-order valence-electron chi connectivity index (χ0n) is 9.60. The van der Waals surface area contributed by atoms with Gasteiger partial charge in [-0.3, -0.25) is 0 Å². The van der Waals surface area contributed by atoms with Crippen LogP contribution < -0.4 is 0 Å². The van der Waals surface area contributed by atoms with Gasteiger partial charge in [-0.2, -0.15) is 0 Å². The van der Waals surface area contributed by atoms with Crippen molar-refractivity contribution >= 4 is 28.1 Å².